The fourth-order valence-electron chi connectivity index (χ4n) is 3.78. The van der Waals surface area contributed by atoms with Crippen LogP contribution >= 0.6 is 0 Å². The van der Waals surface area contributed by atoms with Crippen molar-refractivity contribution in [2.75, 3.05) is 19.3 Å². The molecule has 33 heavy (non-hydrogen) atoms. The number of rotatable bonds is 4. The Morgan fingerprint density at radius 3 is 2.09 bits per heavy atom. The Morgan fingerprint density at radius 2 is 1.61 bits per heavy atom. The number of amides is 1. The number of hydrogen-bond donors (Lipinski definition) is 0. The summed E-state index contributed by atoms with van der Waals surface area (Å²) in [6.07, 6.45) is -3.61. The first-order valence-corrected chi connectivity index (χ1v) is 12.7. The molecule has 2 aromatic carbocycles. The van der Waals surface area contributed by atoms with E-state index in [-0.39, 0.29) is 36.4 Å². The van der Waals surface area contributed by atoms with E-state index in [9.17, 15) is 39.2 Å². The number of piperidine rings is 1. The average Bonchev–Trinajstić information content (AvgIpc) is 2.73. The van der Waals surface area contributed by atoms with Gasteiger partial charge >= 0.3 is 6.18 Å². The summed E-state index contributed by atoms with van der Waals surface area (Å²) in [5.74, 6) is -1.73. The normalized spacial score (nSPS) is 15.4. The van der Waals surface area contributed by atoms with Crippen molar-refractivity contribution in [3.05, 3.63) is 65.0 Å². The summed E-state index contributed by atoms with van der Waals surface area (Å²) >= 11 is 0. The van der Waals surface area contributed by atoms with Gasteiger partial charge in [-0.05, 0) is 48.7 Å². The summed E-state index contributed by atoms with van der Waals surface area (Å²) < 4.78 is 100. The molecule has 0 saturated carbocycles. The summed E-state index contributed by atoms with van der Waals surface area (Å²) in [6.45, 7) is 0.130. The highest BCUT2D eigenvalue weighted by molar-refractivity contribution is 7.90. The zero-order chi connectivity index (χ0) is 24.6. The molecule has 1 amide bonds. The van der Waals surface area contributed by atoms with Crippen LogP contribution in [0.1, 0.15) is 34.3 Å². The van der Waals surface area contributed by atoms with Crippen LogP contribution in [-0.4, -0.2) is 51.9 Å². The van der Waals surface area contributed by atoms with E-state index in [1.807, 2.05) is 0 Å². The zero-order valence-corrected chi connectivity index (χ0v) is 18.9. The molecule has 1 fully saturated rings. The highest BCUT2D eigenvalue weighted by Gasteiger charge is 2.35. The van der Waals surface area contributed by atoms with Crippen molar-refractivity contribution in [2.24, 2.45) is 5.92 Å². The molecule has 0 bridgehead atoms. The Morgan fingerprint density at radius 1 is 1.03 bits per heavy atom. The fraction of sp³-hybridized carbons (Fsp3) is 0.333. The largest absolute Gasteiger partial charge is 0.416 e. The van der Waals surface area contributed by atoms with Gasteiger partial charge in [-0.15, -0.1) is 0 Å². The number of nitrogens with zero attached hydrogens (tertiary/aromatic N) is 1. The van der Waals surface area contributed by atoms with E-state index in [0.717, 1.165) is 24.5 Å². The molecule has 1 aliphatic rings. The predicted octanol–water partition coefficient (Wildman–Crippen LogP) is 3.20. The zero-order valence-electron chi connectivity index (χ0n) is 17.3. The van der Waals surface area contributed by atoms with Crippen LogP contribution in [0, 0.1) is 11.7 Å². The minimum Gasteiger partial charge on any atom is -0.339 e. The molecule has 0 spiro atoms. The molecule has 178 valence electrons. The molecule has 12 heteroatoms. The molecule has 1 aliphatic heterocycles. The van der Waals surface area contributed by atoms with Crippen LogP contribution in [0.4, 0.5) is 17.6 Å². The number of halogens is 4. The molecule has 0 unspecified atom stereocenters. The Hall–Kier alpha value is -2.73. The Kier molecular flexibility index (Phi) is 6.99. The molecule has 6 nitrogen and oxygen atoms in total. The van der Waals surface area contributed by atoms with E-state index < -0.39 is 54.4 Å². The van der Waals surface area contributed by atoms with E-state index >= 15 is 0 Å². The van der Waals surface area contributed by atoms with Gasteiger partial charge in [0.05, 0.1) is 20.9 Å². The van der Waals surface area contributed by atoms with Gasteiger partial charge < -0.3 is 4.90 Å². The topological polar surface area (TPSA) is 88.6 Å². The van der Waals surface area contributed by atoms with Gasteiger partial charge in [-0.1, -0.05) is 12.1 Å². The molecule has 1 saturated heterocycles. The predicted molar refractivity (Wildman–Crippen MR) is 113 cm³/mol. The molecule has 0 atom stereocenters. The molecule has 3 rings (SSSR count). The second-order valence-electron chi connectivity index (χ2n) is 7.65. The summed E-state index contributed by atoms with van der Waals surface area (Å²) in [6, 6.07) is 6.90. The SMILES string of the molecule is CS(=O)(=O)c1cc(C(F)(F)F)ccc1C(=O)N1CCC(C(c2ccc(F)cc2)=S(=O)=O)CC1. The Balaban J connectivity index is 1.85. The average molecular weight is 506 g/mol. The number of hydrogen-bond acceptors (Lipinski definition) is 5. The van der Waals surface area contributed by atoms with Gasteiger partial charge in [-0.2, -0.15) is 21.6 Å². The van der Waals surface area contributed by atoms with Crippen LogP contribution in [-0.2, 0) is 26.3 Å². The number of alkyl halides is 3. The van der Waals surface area contributed by atoms with E-state index in [2.05, 4.69) is 0 Å². The minimum atomic E-state index is -4.78. The van der Waals surface area contributed by atoms with E-state index in [0.29, 0.717) is 17.7 Å². The third kappa shape index (κ3) is 5.61. The summed E-state index contributed by atoms with van der Waals surface area (Å²) in [5.41, 5.74) is -1.23. The smallest absolute Gasteiger partial charge is 0.339 e. The van der Waals surface area contributed by atoms with Crippen molar-refractivity contribution < 1.29 is 39.2 Å². The lowest BCUT2D eigenvalue weighted by Gasteiger charge is -2.32. The molecular formula is C21H19F4NO5S2. The lowest BCUT2D eigenvalue weighted by molar-refractivity contribution is -0.137. The van der Waals surface area contributed by atoms with Gasteiger partial charge in [0.2, 0.25) is 10.3 Å². The first-order chi connectivity index (χ1) is 15.3. The monoisotopic (exact) mass is 505 g/mol. The van der Waals surface area contributed by atoms with Crippen LogP contribution in [0.2, 0.25) is 0 Å². The minimum absolute atomic E-state index is 0.0651. The van der Waals surface area contributed by atoms with Crippen molar-refractivity contribution in [3.63, 3.8) is 0 Å². The summed E-state index contributed by atoms with van der Waals surface area (Å²) in [4.78, 5) is 13.6. The molecular weight excluding hydrogens is 486 g/mol. The molecule has 0 aromatic heterocycles. The third-order valence-corrected chi connectivity index (χ3v) is 7.46. The number of sulfone groups is 1. The van der Waals surface area contributed by atoms with Crippen molar-refractivity contribution in [1.82, 2.24) is 4.90 Å². The quantitative estimate of drug-likeness (QED) is 0.362. The first kappa shape index (κ1) is 24.9. The second kappa shape index (κ2) is 9.26. The number of carbonyl (C=O) groups excluding carboxylic acids is 1. The molecule has 0 radical (unpaired) electrons. The van der Waals surface area contributed by atoms with Crippen LogP contribution in [0.25, 0.3) is 0 Å². The lowest BCUT2D eigenvalue weighted by Crippen LogP contribution is -2.41. The van der Waals surface area contributed by atoms with Crippen LogP contribution < -0.4 is 0 Å². The lowest BCUT2D eigenvalue weighted by atomic mass is 9.89. The number of likely N-dealkylation sites (tertiary alicyclic amines) is 1. The van der Waals surface area contributed by atoms with Crippen molar-refractivity contribution in [1.29, 1.82) is 0 Å². The maximum Gasteiger partial charge on any atom is 0.416 e. The number of benzene rings is 2. The molecule has 0 aliphatic carbocycles. The summed E-state index contributed by atoms with van der Waals surface area (Å²) in [7, 11) is -6.73. The third-order valence-electron chi connectivity index (χ3n) is 5.40. The van der Waals surface area contributed by atoms with Crippen LogP contribution in [0.3, 0.4) is 0 Å². The Labute approximate surface area is 189 Å². The van der Waals surface area contributed by atoms with Crippen LogP contribution in [0.5, 0.6) is 0 Å². The van der Waals surface area contributed by atoms with Gasteiger partial charge in [-0.25, -0.2) is 12.8 Å². The standard InChI is InChI=1S/C21H19F4NO5S2/c1-33(30,31)18-12-15(21(23,24)25)4-7-17(18)20(27)26-10-8-14(9-11-26)19(32(28)29)13-2-5-16(22)6-3-13/h2-7,12,14H,8-11H2,1H3. The van der Waals surface area contributed by atoms with E-state index in [4.69, 9.17) is 0 Å². The van der Waals surface area contributed by atoms with E-state index in [1.165, 1.54) is 17.0 Å². The molecule has 2 aromatic rings. The van der Waals surface area contributed by atoms with Gasteiger partial charge in [0.25, 0.3) is 5.91 Å². The van der Waals surface area contributed by atoms with Crippen LogP contribution in [0.15, 0.2) is 47.4 Å². The molecule has 1 heterocycles. The van der Waals surface area contributed by atoms with Crippen molar-refractivity contribution >= 4 is 30.9 Å². The maximum atomic E-state index is 13.2. The second-order valence-corrected chi connectivity index (χ2v) is 10.5. The van der Waals surface area contributed by atoms with Crippen molar-refractivity contribution in [3.8, 4) is 0 Å². The van der Waals surface area contributed by atoms with Gasteiger partial charge in [0, 0.05) is 25.3 Å². The summed E-state index contributed by atoms with van der Waals surface area (Å²) in [5, 5.41) is 0. The van der Waals surface area contributed by atoms with Crippen molar-refractivity contribution in [2.45, 2.75) is 23.9 Å². The highest BCUT2D eigenvalue weighted by atomic mass is 32.2. The van der Waals surface area contributed by atoms with Gasteiger partial charge in [-0.3, -0.25) is 4.79 Å². The molecule has 0 N–H and O–H groups in total. The van der Waals surface area contributed by atoms with Gasteiger partial charge in [0.15, 0.2) is 9.84 Å². The maximum absolute atomic E-state index is 13.2. The highest BCUT2D eigenvalue weighted by Crippen LogP contribution is 2.33. The van der Waals surface area contributed by atoms with Gasteiger partial charge in [0.1, 0.15) is 5.82 Å². The first-order valence-electron chi connectivity index (χ1n) is 9.71. The fourth-order valence-corrected chi connectivity index (χ4v) is 5.51. The van der Waals surface area contributed by atoms with E-state index in [1.54, 1.807) is 0 Å². The Bertz CT molecular complexity index is 1300. The number of carbonyl (C=O) groups is 1.